The highest BCUT2D eigenvalue weighted by Gasteiger charge is 2.17. The lowest BCUT2D eigenvalue weighted by atomic mass is 9.86. The van der Waals surface area contributed by atoms with Gasteiger partial charge in [-0.2, -0.15) is 0 Å². The summed E-state index contributed by atoms with van der Waals surface area (Å²) < 4.78 is 0. The molecule has 3 rings (SSSR count). The minimum atomic E-state index is 0.0546. The Balaban J connectivity index is 1.74. The predicted octanol–water partition coefficient (Wildman–Crippen LogP) is 4.52. The summed E-state index contributed by atoms with van der Waals surface area (Å²) in [6, 6.07) is 14.2. The van der Waals surface area contributed by atoms with Gasteiger partial charge in [0.2, 0.25) is 0 Å². The summed E-state index contributed by atoms with van der Waals surface area (Å²) in [5.74, 6) is 1.55. The van der Waals surface area contributed by atoms with Crippen molar-refractivity contribution in [2.75, 3.05) is 10.6 Å². The molecule has 0 unspecified atom stereocenters. The molecule has 0 bridgehead atoms. The maximum absolute atomic E-state index is 4.34. The van der Waals surface area contributed by atoms with Crippen molar-refractivity contribution >= 4 is 17.3 Å². The third-order valence-corrected chi connectivity index (χ3v) is 3.89. The van der Waals surface area contributed by atoms with Gasteiger partial charge in [-0.1, -0.05) is 39.0 Å². The van der Waals surface area contributed by atoms with E-state index in [1.807, 2.05) is 24.3 Å². The summed E-state index contributed by atoms with van der Waals surface area (Å²) in [6.45, 7) is 7.30. The number of hydrogen-bond acceptors (Lipinski definition) is 5. The standard InChI is InChI=1S/C20H23N5/c1-20(2,3)16-6-4-5-7-17(16)25-19-12-18(23-14-24-19)22-13-15-8-10-21-11-9-15/h4-12,14H,13H2,1-3H3,(H2,22,23,24,25). The van der Waals surface area contributed by atoms with E-state index in [2.05, 4.69) is 64.6 Å². The Morgan fingerprint density at radius 3 is 2.40 bits per heavy atom. The Morgan fingerprint density at radius 2 is 1.64 bits per heavy atom. The third kappa shape index (κ3) is 4.53. The van der Waals surface area contributed by atoms with Gasteiger partial charge in [-0.05, 0) is 34.7 Å². The SMILES string of the molecule is CC(C)(C)c1ccccc1Nc1cc(NCc2ccncc2)ncn1. The molecule has 2 aromatic heterocycles. The zero-order valence-corrected chi connectivity index (χ0v) is 14.8. The number of benzene rings is 1. The Hall–Kier alpha value is -2.95. The van der Waals surface area contributed by atoms with E-state index in [0.717, 1.165) is 22.9 Å². The van der Waals surface area contributed by atoms with Crippen LogP contribution in [-0.4, -0.2) is 15.0 Å². The second-order valence-electron chi connectivity index (χ2n) is 6.92. The first-order chi connectivity index (χ1) is 12.0. The van der Waals surface area contributed by atoms with Crippen LogP contribution in [0, 0.1) is 0 Å². The average Bonchev–Trinajstić information content (AvgIpc) is 2.61. The van der Waals surface area contributed by atoms with Crippen LogP contribution >= 0.6 is 0 Å². The zero-order chi connectivity index (χ0) is 17.7. The molecule has 0 amide bonds. The Kier molecular flexibility index (Phi) is 4.93. The van der Waals surface area contributed by atoms with Crippen molar-refractivity contribution in [1.82, 2.24) is 15.0 Å². The topological polar surface area (TPSA) is 62.7 Å². The normalized spacial score (nSPS) is 11.2. The maximum atomic E-state index is 4.34. The fourth-order valence-electron chi connectivity index (χ4n) is 2.60. The molecule has 0 fully saturated rings. The molecule has 0 aliphatic rings. The number of rotatable bonds is 5. The fraction of sp³-hybridized carbons (Fsp3) is 0.250. The van der Waals surface area contributed by atoms with Gasteiger partial charge in [-0.25, -0.2) is 9.97 Å². The van der Waals surface area contributed by atoms with E-state index < -0.39 is 0 Å². The lowest BCUT2D eigenvalue weighted by Gasteiger charge is -2.23. The second-order valence-corrected chi connectivity index (χ2v) is 6.92. The lowest BCUT2D eigenvalue weighted by Crippen LogP contribution is -2.13. The number of anilines is 3. The van der Waals surface area contributed by atoms with E-state index in [1.54, 1.807) is 18.7 Å². The van der Waals surface area contributed by atoms with Crippen molar-refractivity contribution in [2.45, 2.75) is 32.7 Å². The van der Waals surface area contributed by atoms with Gasteiger partial charge < -0.3 is 10.6 Å². The molecule has 2 N–H and O–H groups in total. The van der Waals surface area contributed by atoms with Crippen molar-refractivity contribution < 1.29 is 0 Å². The molecule has 0 saturated heterocycles. The Labute approximate surface area is 148 Å². The molecule has 5 nitrogen and oxygen atoms in total. The first kappa shape index (κ1) is 16.9. The van der Waals surface area contributed by atoms with Crippen LogP contribution in [0.2, 0.25) is 0 Å². The van der Waals surface area contributed by atoms with Crippen molar-refractivity contribution in [2.24, 2.45) is 0 Å². The molecule has 1 aromatic carbocycles. The van der Waals surface area contributed by atoms with E-state index >= 15 is 0 Å². The molecule has 3 aromatic rings. The largest absolute Gasteiger partial charge is 0.366 e. The third-order valence-electron chi connectivity index (χ3n) is 3.89. The zero-order valence-electron chi connectivity index (χ0n) is 14.8. The monoisotopic (exact) mass is 333 g/mol. The summed E-state index contributed by atoms with van der Waals surface area (Å²) in [5, 5.41) is 6.73. The molecular weight excluding hydrogens is 310 g/mol. The van der Waals surface area contributed by atoms with Crippen LogP contribution in [0.25, 0.3) is 0 Å². The first-order valence-corrected chi connectivity index (χ1v) is 8.34. The number of hydrogen-bond donors (Lipinski definition) is 2. The van der Waals surface area contributed by atoms with E-state index in [1.165, 1.54) is 5.56 Å². The van der Waals surface area contributed by atoms with Gasteiger partial charge in [0.25, 0.3) is 0 Å². The van der Waals surface area contributed by atoms with Gasteiger partial charge >= 0.3 is 0 Å². The second kappa shape index (κ2) is 7.30. The van der Waals surface area contributed by atoms with Crippen LogP contribution in [0.3, 0.4) is 0 Å². The molecule has 5 heteroatoms. The maximum Gasteiger partial charge on any atom is 0.135 e. The van der Waals surface area contributed by atoms with Crippen molar-refractivity contribution in [3.8, 4) is 0 Å². The first-order valence-electron chi connectivity index (χ1n) is 8.34. The summed E-state index contributed by atoms with van der Waals surface area (Å²) in [7, 11) is 0. The van der Waals surface area contributed by atoms with Gasteiger partial charge in [0.1, 0.15) is 18.0 Å². The van der Waals surface area contributed by atoms with Crippen LogP contribution < -0.4 is 10.6 Å². The van der Waals surface area contributed by atoms with Crippen LogP contribution in [0.15, 0.2) is 61.2 Å². The molecule has 128 valence electrons. The number of nitrogens with one attached hydrogen (secondary N) is 2. The fourth-order valence-corrected chi connectivity index (χ4v) is 2.60. The number of nitrogens with zero attached hydrogens (tertiary/aromatic N) is 3. The summed E-state index contributed by atoms with van der Waals surface area (Å²) in [6.07, 6.45) is 5.14. The molecule has 0 radical (unpaired) electrons. The molecule has 25 heavy (non-hydrogen) atoms. The minimum Gasteiger partial charge on any atom is -0.366 e. The van der Waals surface area contributed by atoms with Crippen molar-refractivity contribution in [1.29, 1.82) is 0 Å². The number of pyridine rings is 1. The van der Waals surface area contributed by atoms with Gasteiger partial charge in [0, 0.05) is 30.7 Å². The predicted molar refractivity (Wildman–Crippen MR) is 102 cm³/mol. The van der Waals surface area contributed by atoms with E-state index in [0.29, 0.717) is 6.54 Å². The van der Waals surface area contributed by atoms with Gasteiger partial charge in [0.15, 0.2) is 0 Å². The van der Waals surface area contributed by atoms with Crippen LogP contribution in [0.1, 0.15) is 31.9 Å². The molecular formula is C20H23N5. The minimum absolute atomic E-state index is 0.0546. The Bertz CT molecular complexity index is 825. The molecule has 0 aliphatic heterocycles. The average molecular weight is 333 g/mol. The summed E-state index contributed by atoms with van der Waals surface area (Å²) >= 11 is 0. The highest BCUT2D eigenvalue weighted by atomic mass is 15.1. The van der Waals surface area contributed by atoms with Crippen LogP contribution in [0.4, 0.5) is 17.3 Å². The molecule has 0 saturated carbocycles. The van der Waals surface area contributed by atoms with E-state index in [9.17, 15) is 0 Å². The number of aromatic nitrogens is 3. The van der Waals surface area contributed by atoms with Gasteiger partial charge in [-0.3, -0.25) is 4.98 Å². The van der Waals surface area contributed by atoms with Crippen molar-refractivity contribution in [3.63, 3.8) is 0 Å². The smallest absolute Gasteiger partial charge is 0.135 e. The Morgan fingerprint density at radius 1 is 0.920 bits per heavy atom. The van der Waals surface area contributed by atoms with Crippen molar-refractivity contribution in [3.05, 3.63) is 72.3 Å². The van der Waals surface area contributed by atoms with E-state index in [4.69, 9.17) is 0 Å². The van der Waals surface area contributed by atoms with Crippen LogP contribution in [0.5, 0.6) is 0 Å². The molecule has 2 heterocycles. The number of para-hydroxylation sites is 1. The highest BCUT2D eigenvalue weighted by molar-refractivity contribution is 5.63. The van der Waals surface area contributed by atoms with Gasteiger partial charge in [0.05, 0.1) is 0 Å². The van der Waals surface area contributed by atoms with Crippen LogP contribution in [-0.2, 0) is 12.0 Å². The lowest BCUT2D eigenvalue weighted by molar-refractivity contribution is 0.592. The molecule has 0 spiro atoms. The highest BCUT2D eigenvalue weighted by Crippen LogP contribution is 2.31. The molecule has 0 aliphatic carbocycles. The van der Waals surface area contributed by atoms with E-state index in [-0.39, 0.29) is 5.41 Å². The molecule has 0 atom stereocenters. The quantitative estimate of drug-likeness (QED) is 0.718. The van der Waals surface area contributed by atoms with Gasteiger partial charge in [-0.15, -0.1) is 0 Å². The summed E-state index contributed by atoms with van der Waals surface area (Å²) in [5.41, 5.74) is 3.52. The summed E-state index contributed by atoms with van der Waals surface area (Å²) in [4.78, 5) is 12.7.